The lowest BCUT2D eigenvalue weighted by Gasteiger charge is -2.13. The highest BCUT2D eigenvalue weighted by molar-refractivity contribution is 8.00. The normalized spacial score (nSPS) is 12.3. The van der Waals surface area contributed by atoms with Crippen molar-refractivity contribution in [2.24, 2.45) is 0 Å². The van der Waals surface area contributed by atoms with Gasteiger partial charge < -0.3 is 0 Å². The van der Waals surface area contributed by atoms with E-state index in [9.17, 15) is 0 Å². The van der Waals surface area contributed by atoms with Crippen LogP contribution >= 0.6 is 57.1 Å². The smallest absolute Gasteiger partial charge is 0.0495 e. The predicted molar refractivity (Wildman–Crippen MR) is 245 cm³/mol. The summed E-state index contributed by atoms with van der Waals surface area (Å²) in [5.74, 6) is 0. The van der Waals surface area contributed by atoms with E-state index in [0.29, 0.717) is 0 Å². The molecule has 0 fully saturated rings. The molecule has 0 aliphatic carbocycles. The van der Waals surface area contributed by atoms with Crippen molar-refractivity contribution in [3.05, 3.63) is 128 Å². The summed E-state index contributed by atoms with van der Waals surface area (Å²) in [4.78, 5) is 2.77. The van der Waals surface area contributed by atoms with Gasteiger partial charge in [0.05, 0.1) is 0 Å². The van der Waals surface area contributed by atoms with Crippen molar-refractivity contribution in [1.82, 2.24) is 0 Å². The minimum atomic E-state index is 1.18. The number of hydrogen-bond acceptors (Lipinski definition) is 5. The SMILES string of the molecule is CCCCCCc1ccc(C=Cc2c3ccsc3c(Sc3c4ccsc4c(C=Cc4ccc(CCCCCC)cc4)c4ccsc34)c3ccsc23)cc1. The van der Waals surface area contributed by atoms with Crippen molar-refractivity contribution < 1.29 is 0 Å². The van der Waals surface area contributed by atoms with Gasteiger partial charge in [-0.05, 0) is 93.7 Å². The molecule has 0 amide bonds. The van der Waals surface area contributed by atoms with E-state index in [1.165, 1.54) is 148 Å². The third kappa shape index (κ3) is 8.02. The summed E-state index contributed by atoms with van der Waals surface area (Å²) in [6.07, 6.45) is 22.1. The van der Waals surface area contributed by atoms with Crippen LogP contribution in [-0.2, 0) is 12.8 Å². The molecule has 0 N–H and O–H groups in total. The summed E-state index contributed by atoms with van der Waals surface area (Å²) in [6, 6.07) is 27.8. The van der Waals surface area contributed by atoms with Crippen LogP contribution in [-0.4, -0.2) is 0 Å². The Labute approximate surface area is 334 Å². The van der Waals surface area contributed by atoms with Crippen molar-refractivity contribution in [2.45, 2.75) is 87.8 Å². The molecule has 0 saturated heterocycles. The molecule has 0 radical (unpaired) electrons. The minimum Gasteiger partial charge on any atom is -0.143 e. The molecule has 5 heteroatoms. The first kappa shape index (κ1) is 36.5. The monoisotopic (exact) mass is 782 g/mol. The van der Waals surface area contributed by atoms with Crippen LogP contribution in [0.5, 0.6) is 0 Å². The van der Waals surface area contributed by atoms with E-state index >= 15 is 0 Å². The van der Waals surface area contributed by atoms with E-state index in [-0.39, 0.29) is 0 Å². The van der Waals surface area contributed by atoms with Gasteiger partial charge in [0.15, 0.2) is 0 Å². The van der Waals surface area contributed by atoms with Crippen LogP contribution in [0, 0.1) is 0 Å². The number of benzene rings is 4. The molecule has 8 aromatic rings. The fraction of sp³-hybridized carbons (Fsp3) is 0.250. The molecular formula is C48H46S5. The summed E-state index contributed by atoms with van der Waals surface area (Å²) in [5, 5.41) is 14.5. The number of fused-ring (bicyclic) bond motifs is 4. The average Bonchev–Trinajstić information content (AvgIpc) is 4.03. The van der Waals surface area contributed by atoms with Crippen molar-refractivity contribution in [3.63, 3.8) is 0 Å². The molecule has 0 aliphatic heterocycles. The first-order valence-corrected chi connectivity index (χ1v) is 23.6. The van der Waals surface area contributed by atoms with Crippen LogP contribution in [0.4, 0.5) is 0 Å². The Balaban J connectivity index is 1.09. The highest BCUT2D eigenvalue weighted by Crippen LogP contribution is 2.51. The number of hydrogen-bond donors (Lipinski definition) is 0. The standard InChI is InChI=1S/C48H46S5/c1-3-5-7-9-11-33-13-17-35(18-14-33)21-23-37-39-25-29-51-45(39)47(41-27-31-49-43(37)41)53-48-42-28-32-50-44(42)38(40-26-30-52-46(40)48)24-22-36-19-15-34(16-20-36)12-10-8-6-4-2/h13-32H,3-12H2,1-2H3. The van der Waals surface area contributed by atoms with Gasteiger partial charge in [0, 0.05) is 61.3 Å². The zero-order chi connectivity index (χ0) is 36.0. The molecule has 53 heavy (non-hydrogen) atoms. The second-order valence-electron chi connectivity index (χ2n) is 14.0. The molecule has 4 aromatic carbocycles. The zero-order valence-corrected chi connectivity index (χ0v) is 34.7. The van der Waals surface area contributed by atoms with Gasteiger partial charge in [-0.15, -0.1) is 45.3 Å². The summed E-state index contributed by atoms with van der Waals surface area (Å²) in [7, 11) is 0. The fourth-order valence-corrected chi connectivity index (χ4v) is 12.8. The maximum absolute atomic E-state index is 2.36. The topological polar surface area (TPSA) is 0 Å². The third-order valence-electron chi connectivity index (χ3n) is 10.3. The van der Waals surface area contributed by atoms with Gasteiger partial charge in [0.1, 0.15) is 0 Å². The van der Waals surface area contributed by atoms with Crippen molar-refractivity contribution in [1.29, 1.82) is 0 Å². The molecule has 0 unspecified atom stereocenters. The first-order valence-electron chi connectivity index (χ1n) is 19.2. The fourth-order valence-electron chi connectivity index (χ4n) is 7.37. The van der Waals surface area contributed by atoms with Gasteiger partial charge in [-0.25, -0.2) is 0 Å². The van der Waals surface area contributed by atoms with Crippen LogP contribution < -0.4 is 0 Å². The van der Waals surface area contributed by atoms with Crippen LogP contribution in [0.1, 0.15) is 98.6 Å². The second-order valence-corrected chi connectivity index (χ2v) is 18.7. The Morgan fingerprint density at radius 3 is 1.23 bits per heavy atom. The molecule has 4 heterocycles. The molecule has 0 saturated carbocycles. The Morgan fingerprint density at radius 2 is 0.811 bits per heavy atom. The summed E-state index contributed by atoms with van der Waals surface area (Å²) in [5.41, 5.74) is 8.09. The van der Waals surface area contributed by atoms with Gasteiger partial charge >= 0.3 is 0 Å². The summed E-state index contributed by atoms with van der Waals surface area (Å²) in [6.45, 7) is 4.55. The Kier molecular flexibility index (Phi) is 12.0. The number of unbranched alkanes of at least 4 members (excludes halogenated alkanes) is 6. The van der Waals surface area contributed by atoms with Gasteiger partial charge in [-0.1, -0.05) is 137 Å². The number of rotatable bonds is 16. The van der Waals surface area contributed by atoms with E-state index in [1.54, 1.807) is 0 Å². The van der Waals surface area contributed by atoms with E-state index < -0.39 is 0 Å². The van der Waals surface area contributed by atoms with Gasteiger partial charge in [-0.3, -0.25) is 0 Å². The Morgan fingerprint density at radius 1 is 0.415 bits per heavy atom. The van der Waals surface area contributed by atoms with E-state index in [1.807, 2.05) is 57.1 Å². The van der Waals surface area contributed by atoms with Crippen LogP contribution in [0.25, 0.3) is 64.6 Å². The van der Waals surface area contributed by atoms with Crippen LogP contribution in [0.3, 0.4) is 0 Å². The van der Waals surface area contributed by atoms with Gasteiger partial charge in [0.25, 0.3) is 0 Å². The van der Waals surface area contributed by atoms with E-state index in [2.05, 4.69) is 132 Å². The quantitative estimate of drug-likeness (QED) is 0.0695. The first-order chi connectivity index (χ1) is 26.2. The molecule has 8 rings (SSSR count). The van der Waals surface area contributed by atoms with Crippen LogP contribution in [0.2, 0.25) is 0 Å². The summed E-state index contributed by atoms with van der Waals surface area (Å²) >= 11 is 9.46. The highest BCUT2D eigenvalue weighted by Gasteiger charge is 2.21. The van der Waals surface area contributed by atoms with Gasteiger partial charge in [-0.2, -0.15) is 0 Å². The number of thiophene rings is 4. The third-order valence-corrected chi connectivity index (χ3v) is 15.6. The molecule has 268 valence electrons. The van der Waals surface area contributed by atoms with E-state index in [0.717, 1.165) is 0 Å². The lowest BCUT2D eigenvalue weighted by molar-refractivity contribution is 0.667. The lowest BCUT2D eigenvalue weighted by Crippen LogP contribution is -1.86. The zero-order valence-electron chi connectivity index (χ0n) is 30.7. The second kappa shape index (κ2) is 17.3. The maximum atomic E-state index is 2.36. The van der Waals surface area contributed by atoms with Gasteiger partial charge in [0.2, 0.25) is 0 Å². The van der Waals surface area contributed by atoms with Crippen LogP contribution in [0.15, 0.2) is 104 Å². The molecule has 0 spiro atoms. The van der Waals surface area contributed by atoms with Crippen molar-refractivity contribution in [3.8, 4) is 0 Å². The lowest BCUT2D eigenvalue weighted by atomic mass is 10.0. The van der Waals surface area contributed by atoms with Crippen molar-refractivity contribution in [2.75, 3.05) is 0 Å². The van der Waals surface area contributed by atoms with Crippen molar-refractivity contribution >= 4 is 122 Å². The molecular weight excluding hydrogens is 737 g/mol. The highest BCUT2D eigenvalue weighted by atomic mass is 32.2. The molecule has 4 aromatic heterocycles. The average molecular weight is 783 g/mol. The molecule has 0 nitrogen and oxygen atoms in total. The minimum absolute atomic E-state index is 1.18. The number of aryl methyl sites for hydroxylation is 2. The molecule has 0 atom stereocenters. The largest absolute Gasteiger partial charge is 0.143 e. The molecule has 0 aliphatic rings. The Bertz CT molecular complexity index is 2220. The molecule has 0 bridgehead atoms. The predicted octanol–water partition coefficient (Wildman–Crippen LogP) is 17.3. The van der Waals surface area contributed by atoms with E-state index in [4.69, 9.17) is 0 Å². The summed E-state index contributed by atoms with van der Waals surface area (Å²) < 4.78 is 5.51. The maximum Gasteiger partial charge on any atom is 0.0495 e. The Hall–Kier alpha value is -3.45.